The molecule has 240 valence electrons. The van der Waals surface area contributed by atoms with E-state index in [0.717, 1.165) is 39.8 Å². The number of benzene rings is 2. The summed E-state index contributed by atoms with van der Waals surface area (Å²) in [5.41, 5.74) is 4.51. The van der Waals surface area contributed by atoms with Crippen LogP contribution in [-0.4, -0.2) is 14.7 Å². The summed E-state index contributed by atoms with van der Waals surface area (Å²) in [6.07, 6.45) is 0.727. The molecule has 0 aliphatic rings. The molecule has 3 N–H and O–H groups in total. The summed E-state index contributed by atoms with van der Waals surface area (Å²) in [4.78, 5) is 39.4. The van der Waals surface area contributed by atoms with E-state index in [1.807, 2.05) is 0 Å². The van der Waals surface area contributed by atoms with E-state index in [4.69, 9.17) is 0 Å². The third kappa shape index (κ3) is 7.01. The van der Waals surface area contributed by atoms with Gasteiger partial charge in [0.1, 0.15) is 0 Å². The zero-order valence-corrected chi connectivity index (χ0v) is 31.6. The summed E-state index contributed by atoms with van der Waals surface area (Å²) in [5, 5.41) is 0.654. The van der Waals surface area contributed by atoms with Gasteiger partial charge in [-0.3, -0.25) is 0 Å². The molecule has 42 heavy (non-hydrogen) atoms. The molecule has 0 aliphatic carbocycles. The Morgan fingerprint density at radius 3 is 1.05 bits per heavy atom. The van der Waals surface area contributed by atoms with Crippen LogP contribution < -0.4 is 10.6 Å². The van der Waals surface area contributed by atoms with Crippen LogP contribution in [0, 0.1) is 0 Å². The van der Waals surface area contributed by atoms with Crippen LogP contribution in [0.1, 0.15) is 170 Å². The Kier molecular flexibility index (Phi) is 9.15. The molecule has 0 spiro atoms. The Morgan fingerprint density at radius 1 is 0.452 bits per heavy atom. The fourth-order valence-corrected chi connectivity index (χ4v) is 9.96. The zero-order valence-electron chi connectivity index (χ0n) is 30.7. The molecule has 0 amide bonds. The van der Waals surface area contributed by atoms with Gasteiger partial charge in [0.25, 0.3) is 0 Å². The van der Waals surface area contributed by atoms with E-state index in [2.05, 4.69) is 150 Å². The minimum atomic E-state index is -5.81. The van der Waals surface area contributed by atoms with Crippen LogP contribution in [0.3, 0.4) is 0 Å². The molecule has 3 nitrogen and oxygen atoms in total. The summed E-state index contributed by atoms with van der Waals surface area (Å²) < 4.78 is 0. The molecule has 0 heterocycles. The first-order valence-electron chi connectivity index (χ1n) is 15.8. The average Bonchev–Trinajstić information content (AvgIpc) is 2.72. The zero-order chi connectivity index (χ0) is 33.5. The van der Waals surface area contributed by atoms with Gasteiger partial charge in [0.2, 0.25) is 0 Å². The molecule has 0 aliphatic heterocycles. The maximum atomic E-state index is 13.1. The van der Waals surface area contributed by atoms with Crippen LogP contribution in [0.4, 0.5) is 0 Å². The number of hydrogen-bond acceptors (Lipinski definition) is 3. The Labute approximate surface area is 259 Å². The first kappa shape index (κ1) is 36.9. The van der Waals surface area contributed by atoms with Gasteiger partial charge >= 0.3 is 260 Å². The van der Waals surface area contributed by atoms with Gasteiger partial charge in [-0.15, -0.1) is 0 Å². The minimum absolute atomic E-state index is 0.160. The van der Waals surface area contributed by atoms with Crippen LogP contribution >= 0.6 is 7.28 Å². The van der Waals surface area contributed by atoms with E-state index in [1.165, 1.54) is 5.56 Å². The first-order chi connectivity index (χ1) is 18.2. The fourth-order valence-electron chi connectivity index (χ4n) is 6.32. The van der Waals surface area contributed by atoms with Crippen molar-refractivity contribution in [2.75, 3.05) is 0 Å². The van der Waals surface area contributed by atoms with Crippen molar-refractivity contribution in [3.05, 3.63) is 57.1 Å². The van der Waals surface area contributed by atoms with Gasteiger partial charge in [-0.2, -0.15) is 0 Å². The monoisotopic (exact) mass is 600 g/mol. The van der Waals surface area contributed by atoms with Crippen LogP contribution in [0.15, 0.2) is 18.2 Å². The molecule has 0 aromatic heterocycles. The molecule has 0 saturated heterocycles. The van der Waals surface area contributed by atoms with Gasteiger partial charge < -0.3 is 0 Å². The Bertz CT molecular complexity index is 1290. The standard InChI is InChI=1S/C38H65O3P/c1-20-25-26(34(5,6)7)23-29(37(14,15)16)32(30(25)38(17,18)19)42(39,40,41)31-27(35(8,9)10)21-24(33(2,3)4)22-28(31)36(11,12)13/h21-23,39-41H,20H2,1-19H3. The summed E-state index contributed by atoms with van der Waals surface area (Å²) in [5.74, 6) is 0. The molecular weight excluding hydrogens is 535 g/mol. The average molecular weight is 601 g/mol. The van der Waals surface area contributed by atoms with Crippen molar-refractivity contribution in [1.82, 2.24) is 0 Å². The SMILES string of the molecule is CCc1c(C(C)(C)C)cc(C(C)(C)C)c(P(O)(O)(O)c2c(C(C)(C)C)cc(C(C)(C)C)cc2C(C)(C)C)c1C(C)(C)C. The molecule has 0 unspecified atom stereocenters. The summed E-state index contributed by atoms with van der Waals surface area (Å²) >= 11 is 0. The van der Waals surface area contributed by atoms with Crippen molar-refractivity contribution in [3.63, 3.8) is 0 Å². The molecular formula is C38H65O3P. The number of hydrogen-bond donors (Lipinski definition) is 3. The van der Waals surface area contributed by atoms with E-state index in [1.54, 1.807) is 0 Å². The van der Waals surface area contributed by atoms with Gasteiger partial charge in [-0.05, 0) is 0 Å². The van der Waals surface area contributed by atoms with Crippen molar-refractivity contribution < 1.29 is 14.7 Å². The molecule has 4 heteroatoms. The van der Waals surface area contributed by atoms with E-state index < -0.39 is 28.9 Å². The van der Waals surface area contributed by atoms with Crippen LogP contribution in [0.25, 0.3) is 0 Å². The van der Waals surface area contributed by atoms with E-state index in [0.29, 0.717) is 10.6 Å². The molecule has 0 bridgehead atoms. The first-order valence-corrected chi connectivity index (χ1v) is 17.9. The number of rotatable bonds is 3. The van der Waals surface area contributed by atoms with Crippen LogP contribution in [0.2, 0.25) is 0 Å². The van der Waals surface area contributed by atoms with Crippen molar-refractivity contribution in [1.29, 1.82) is 0 Å². The van der Waals surface area contributed by atoms with Crippen LogP contribution in [0.5, 0.6) is 0 Å². The maximum absolute atomic E-state index is 13.1. The van der Waals surface area contributed by atoms with Crippen molar-refractivity contribution in [2.24, 2.45) is 0 Å². The second-order valence-corrected chi connectivity index (χ2v) is 21.8. The normalized spacial score (nSPS) is 15.5. The van der Waals surface area contributed by atoms with Gasteiger partial charge in [-0.1, -0.05) is 0 Å². The molecule has 0 radical (unpaired) electrons. The van der Waals surface area contributed by atoms with E-state index in [9.17, 15) is 14.7 Å². The Hall–Kier alpha value is -1.25. The Balaban J connectivity index is 3.56. The molecule has 0 saturated carbocycles. The van der Waals surface area contributed by atoms with Crippen molar-refractivity contribution in [3.8, 4) is 0 Å². The second kappa shape index (κ2) is 10.4. The third-order valence-electron chi connectivity index (χ3n) is 8.54. The van der Waals surface area contributed by atoms with Gasteiger partial charge in [0, 0.05) is 0 Å². The summed E-state index contributed by atoms with van der Waals surface area (Å²) in [7, 11) is -5.81. The third-order valence-corrected chi connectivity index (χ3v) is 11.1. The van der Waals surface area contributed by atoms with Crippen molar-refractivity contribution in [2.45, 2.75) is 170 Å². The van der Waals surface area contributed by atoms with Crippen LogP contribution in [-0.2, 0) is 38.9 Å². The van der Waals surface area contributed by atoms with Gasteiger partial charge in [0.05, 0.1) is 0 Å². The fraction of sp³-hybridized carbons (Fsp3) is 0.684. The molecule has 2 rings (SSSR count). The topological polar surface area (TPSA) is 60.7 Å². The predicted molar refractivity (Wildman–Crippen MR) is 187 cm³/mol. The van der Waals surface area contributed by atoms with E-state index in [-0.39, 0.29) is 10.8 Å². The predicted octanol–water partition coefficient (Wildman–Crippen LogP) is 9.26. The summed E-state index contributed by atoms with van der Waals surface area (Å²) in [6, 6.07) is 6.41. The van der Waals surface area contributed by atoms with Crippen molar-refractivity contribution >= 4 is 17.9 Å². The molecule has 2 aromatic carbocycles. The second-order valence-electron chi connectivity index (χ2n) is 18.9. The molecule has 0 atom stereocenters. The summed E-state index contributed by atoms with van der Waals surface area (Å²) in [6.45, 7) is 40.7. The quantitative estimate of drug-likeness (QED) is 0.308. The molecule has 0 fully saturated rings. The van der Waals surface area contributed by atoms with E-state index >= 15 is 0 Å². The van der Waals surface area contributed by atoms with Gasteiger partial charge in [-0.25, -0.2) is 0 Å². The molecule has 2 aromatic rings. The Morgan fingerprint density at radius 2 is 0.786 bits per heavy atom. The van der Waals surface area contributed by atoms with Gasteiger partial charge in [0.15, 0.2) is 0 Å².